The summed E-state index contributed by atoms with van der Waals surface area (Å²) < 4.78 is 3.58. The minimum Gasteiger partial charge on any atom is -0.321 e. The van der Waals surface area contributed by atoms with E-state index < -0.39 is 0 Å². The summed E-state index contributed by atoms with van der Waals surface area (Å²) in [6.45, 7) is 5.38. The summed E-state index contributed by atoms with van der Waals surface area (Å²) >= 11 is 3.42. The zero-order valence-corrected chi connectivity index (χ0v) is 19.9. The Balaban J connectivity index is 1.57. The van der Waals surface area contributed by atoms with Gasteiger partial charge in [0.15, 0.2) is 11.2 Å². The largest absolute Gasteiger partial charge is 0.330 e. The number of rotatable bonds is 8. The number of aromatic amines is 1. The van der Waals surface area contributed by atoms with Crippen LogP contribution in [0.15, 0.2) is 20.9 Å². The van der Waals surface area contributed by atoms with Crippen LogP contribution < -0.4 is 11.2 Å². The third-order valence-electron chi connectivity index (χ3n) is 5.95. The molecule has 0 bridgehead atoms. The topological polar surface area (TPSA) is 98.5 Å². The zero-order chi connectivity index (χ0) is 22.2. The normalized spacial score (nSPS) is 13.4. The summed E-state index contributed by atoms with van der Waals surface area (Å²) in [7, 11) is 0. The molecule has 8 nitrogen and oxygen atoms in total. The van der Waals surface area contributed by atoms with Crippen LogP contribution >= 0.6 is 23.1 Å². The summed E-state index contributed by atoms with van der Waals surface area (Å²) in [4.78, 5) is 44.1. The molecule has 0 amide bonds. The van der Waals surface area contributed by atoms with E-state index >= 15 is 0 Å². The van der Waals surface area contributed by atoms with Crippen molar-refractivity contribution in [3.63, 3.8) is 0 Å². The third kappa shape index (κ3) is 3.59. The lowest BCUT2D eigenvalue weighted by molar-refractivity contribution is 0.612. The average molecular weight is 471 g/mol. The second-order valence-electron chi connectivity index (χ2n) is 8.12. The van der Waals surface area contributed by atoms with Crippen LogP contribution in [0.25, 0.3) is 21.4 Å². The molecule has 0 spiro atoms. The quantitative estimate of drug-likeness (QED) is 0.310. The molecule has 1 N–H and O–H groups in total. The van der Waals surface area contributed by atoms with Gasteiger partial charge >= 0.3 is 5.69 Å². The molecule has 32 heavy (non-hydrogen) atoms. The number of nitrogens with one attached hydrogen (secondary N) is 1. The van der Waals surface area contributed by atoms with Gasteiger partial charge in [0.05, 0.1) is 5.75 Å². The first-order valence-electron chi connectivity index (χ1n) is 11.2. The Morgan fingerprint density at radius 1 is 1.12 bits per heavy atom. The Morgan fingerprint density at radius 2 is 2.00 bits per heavy atom. The smallest absolute Gasteiger partial charge is 0.321 e. The summed E-state index contributed by atoms with van der Waals surface area (Å²) in [5.74, 6) is 1.37. The van der Waals surface area contributed by atoms with E-state index in [9.17, 15) is 9.59 Å². The lowest BCUT2D eigenvalue weighted by Crippen LogP contribution is -2.31. The van der Waals surface area contributed by atoms with Crippen molar-refractivity contribution in [1.29, 1.82) is 0 Å². The molecule has 1 aliphatic rings. The van der Waals surface area contributed by atoms with Crippen LogP contribution in [-0.4, -0.2) is 29.1 Å². The van der Waals surface area contributed by atoms with Crippen LogP contribution in [0.1, 0.15) is 55.8 Å². The van der Waals surface area contributed by atoms with Gasteiger partial charge in [-0.1, -0.05) is 32.0 Å². The number of nitrogens with zero attached hydrogens (tertiary/aromatic N) is 5. The van der Waals surface area contributed by atoms with Gasteiger partial charge in [0.2, 0.25) is 0 Å². The number of hydrogen-bond acceptors (Lipinski definition) is 7. The first kappa shape index (κ1) is 21.4. The molecule has 0 radical (unpaired) electrons. The number of hydrogen-bond donors (Lipinski definition) is 1. The summed E-state index contributed by atoms with van der Waals surface area (Å²) in [5.41, 5.74) is 1.63. The van der Waals surface area contributed by atoms with Gasteiger partial charge in [0.1, 0.15) is 22.0 Å². The number of fused-ring (bicyclic) bond motifs is 4. The van der Waals surface area contributed by atoms with Crippen LogP contribution in [0.3, 0.4) is 0 Å². The number of aryl methyl sites for hydroxylation is 4. The Labute approximate surface area is 193 Å². The minimum absolute atomic E-state index is 0.366. The molecule has 0 aromatic carbocycles. The number of aromatic nitrogens is 6. The Morgan fingerprint density at radius 3 is 2.81 bits per heavy atom. The third-order valence-corrected chi connectivity index (χ3v) is 8.14. The van der Waals surface area contributed by atoms with Crippen LogP contribution in [-0.2, 0) is 31.7 Å². The molecule has 0 unspecified atom stereocenters. The summed E-state index contributed by atoms with van der Waals surface area (Å²) in [6.07, 6.45) is 7.73. The van der Waals surface area contributed by atoms with Gasteiger partial charge < -0.3 is 4.57 Å². The minimum atomic E-state index is -0.386. The van der Waals surface area contributed by atoms with Crippen LogP contribution in [0.5, 0.6) is 0 Å². The Bertz CT molecular complexity index is 1410. The van der Waals surface area contributed by atoms with E-state index in [0.29, 0.717) is 30.0 Å². The maximum atomic E-state index is 12.7. The standard InChI is InChI=1S/C22H26N6O2S2/c1-3-5-10-28-18-17(19(29)26-22(28)30)27(9-4-2)15(25-18)11-31-20-16-13-7-6-8-14(13)32-21(16)24-12-23-20/h12H,3-11H2,1-2H3,(H,26,29,30). The first-order valence-corrected chi connectivity index (χ1v) is 13.0. The lowest BCUT2D eigenvalue weighted by atomic mass is 10.2. The number of imidazole rings is 1. The fourth-order valence-electron chi connectivity index (χ4n) is 4.46. The molecule has 4 aromatic rings. The number of thioether (sulfide) groups is 1. The fourth-order valence-corrected chi connectivity index (χ4v) is 6.72. The van der Waals surface area contributed by atoms with Gasteiger partial charge in [-0.25, -0.2) is 19.7 Å². The van der Waals surface area contributed by atoms with E-state index in [1.165, 1.54) is 22.2 Å². The number of thiophene rings is 1. The molecule has 10 heteroatoms. The van der Waals surface area contributed by atoms with E-state index in [2.05, 4.69) is 28.8 Å². The molecular weight excluding hydrogens is 444 g/mol. The van der Waals surface area contributed by atoms with Crippen molar-refractivity contribution < 1.29 is 0 Å². The van der Waals surface area contributed by atoms with Gasteiger partial charge in [-0.2, -0.15) is 0 Å². The van der Waals surface area contributed by atoms with Crippen molar-refractivity contribution in [2.24, 2.45) is 0 Å². The molecule has 0 aliphatic heterocycles. The van der Waals surface area contributed by atoms with Crippen molar-refractivity contribution >= 4 is 44.5 Å². The summed E-state index contributed by atoms with van der Waals surface area (Å²) in [6, 6.07) is 0. The predicted molar refractivity (Wildman–Crippen MR) is 129 cm³/mol. The van der Waals surface area contributed by atoms with Gasteiger partial charge in [0, 0.05) is 23.4 Å². The average Bonchev–Trinajstić information content (AvgIpc) is 3.46. The molecule has 0 atom stereocenters. The van der Waals surface area contributed by atoms with Gasteiger partial charge in [0.25, 0.3) is 5.56 Å². The highest BCUT2D eigenvalue weighted by molar-refractivity contribution is 7.98. The van der Waals surface area contributed by atoms with Crippen molar-refractivity contribution in [1.82, 2.24) is 29.1 Å². The molecule has 0 fully saturated rings. The van der Waals surface area contributed by atoms with E-state index in [1.54, 1.807) is 34.0 Å². The van der Waals surface area contributed by atoms with Crippen LogP contribution in [0, 0.1) is 0 Å². The van der Waals surface area contributed by atoms with Crippen LogP contribution in [0.4, 0.5) is 0 Å². The second-order valence-corrected chi connectivity index (χ2v) is 10.2. The molecule has 1 aliphatic carbocycles. The van der Waals surface area contributed by atoms with E-state index in [1.807, 2.05) is 4.57 Å². The monoisotopic (exact) mass is 470 g/mol. The SMILES string of the molecule is CCCCn1c(=O)[nH]c(=O)c2c1nc(CSc1ncnc3sc4c(c13)CCC4)n2CCC. The highest BCUT2D eigenvalue weighted by atomic mass is 32.2. The molecule has 0 saturated carbocycles. The van der Waals surface area contributed by atoms with Crippen molar-refractivity contribution in [3.8, 4) is 0 Å². The molecule has 5 rings (SSSR count). The van der Waals surface area contributed by atoms with Gasteiger partial charge in [-0.05, 0) is 37.7 Å². The maximum absolute atomic E-state index is 12.7. The predicted octanol–water partition coefficient (Wildman–Crippen LogP) is 3.88. The Kier molecular flexibility index (Phi) is 5.90. The van der Waals surface area contributed by atoms with E-state index in [0.717, 1.165) is 47.8 Å². The molecule has 4 heterocycles. The Hall–Kier alpha value is -2.46. The molecule has 168 valence electrons. The fraction of sp³-hybridized carbons (Fsp3) is 0.500. The summed E-state index contributed by atoms with van der Waals surface area (Å²) in [5, 5.41) is 2.16. The van der Waals surface area contributed by atoms with E-state index in [-0.39, 0.29) is 11.2 Å². The van der Waals surface area contributed by atoms with Crippen LogP contribution in [0.2, 0.25) is 0 Å². The maximum Gasteiger partial charge on any atom is 0.330 e. The second kappa shape index (κ2) is 8.82. The number of H-pyrrole nitrogens is 1. The lowest BCUT2D eigenvalue weighted by Gasteiger charge is -2.08. The number of unbranched alkanes of at least 4 members (excludes halogenated alkanes) is 1. The van der Waals surface area contributed by atoms with Crippen molar-refractivity contribution in [2.75, 3.05) is 0 Å². The van der Waals surface area contributed by atoms with Gasteiger partial charge in [-0.3, -0.25) is 14.3 Å². The molecule has 0 saturated heterocycles. The highest BCUT2D eigenvalue weighted by Gasteiger charge is 2.23. The van der Waals surface area contributed by atoms with Gasteiger partial charge in [-0.15, -0.1) is 11.3 Å². The van der Waals surface area contributed by atoms with Crippen molar-refractivity contribution in [3.05, 3.63) is 43.4 Å². The first-order chi connectivity index (χ1) is 15.6. The zero-order valence-electron chi connectivity index (χ0n) is 18.3. The highest BCUT2D eigenvalue weighted by Crippen LogP contribution is 2.40. The molecule has 4 aromatic heterocycles. The van der Waals surface area contributed by atoms with E-state index in [4.69, 9.17) is 4.98 Å². The molecular formula is C22H26N6O2S2. The van der Waals surface area contributed by atoms with Crippen molar-refractivity contribution in [2.45, 2.75) is 76.2 Å².